The zero-order chi connectivity index (χ0) is 16.3. The summed E-state index contributed by atoms with van der Waals surface area (Å²) < 4.78 is 32.6. The van der Waals surface area contributed by atoms with Gasteiger partial charge in [0.2, 0.25) is 10.0 Å². The molecule has 23 heavy (non-hydrogen) atoms. The molecule has 0 N–H and O–H groups in total. The van der Waals surface area contributed by atoms with Crippen molar-refractivity contribution in [3.63, 3.8) is 0 Å². The molecule has 6 heteroatoms. The van der Waals surface area contributed by atoms with Gasteiger partial charge in [-0.15, -0.1) is 0 Å². The Kier molecular flexibility index (Phi) is 4.88. The quantitative estimate of drug-likeness (QED) is 0.849. The number of nitriles is 1. The summed E-state index contributed by atoms with van der Waals surface area (Å²) >= 11 is 0. The predicted octanol–water partition coefficient (Wildman–Crippen LogP) is 2.93. The molecule has 0 atom stereocenters. The van der Waals surface area contributed by atoms with Crippen molar-refractivity contribution in [1.29, 1.82) is 5.26 Å². The minimum atomic E-state index is -3.47. The standard InChI is InChI=1S/C17H22N2O3S/c18-13-14-9-11-19(12-10-14)23(20,21)17-7-5-16(6-8-17)22-15-3-1-2-4-15/h5-8,14-15H,1-4,9-12H2. The lowest BCUT2D eigenvalue weighted by Crippen LogP contribution is -2.38. The minimum absolute atomic E-state index is 0.0244. The third kappa shape index (κ3) is 3.67. The van der Waals surface area contributed by atoms with Gasteiger partial charge in [-0.05, 0) is 62.8 Å². The highest BCUT2D eigenvalue weighted by atomic mass is 32.2. The summed E-state index contributed by atoms with van der Waals surface area (Å²) in [4.78, 5) is 0.298. The topological polar surface area (TPSA) is 70.4 Å². The summed E-state index contributed by atoms with van der Waals surface area (Å²) in [6, 6.07) is 8.95. The van der Waals surface area contributed by atoms with Crippen LogP contribution in [-0.4, -0.2) is 31.9 Å². The highest BCUT2D eigenvalue weighted by Gasteiger charge is 2.29. The molecule has 2 fully saturated rings. The van der Waals surface area contributed by atoms with Crippen molar-refractivity contribution in [3.8, 4) is 11.8 Å². The van der Waals surface area contributed by atoms with Crippen LogP contribution in [0.4, 0.5) is 0 Å². The zero-order valence-corrected chi connectivity index (χ0v) is 14.0. The van der Waals surface area contributed by atoms with Crippen LogP contribution in [-0.2, 0) is 10.0 Å². The van der Waals surface area contributed by atoms with E-state index in [1.54, 1.807) is 24.3 Å². The van der Waals surface area contributed by atoms with Crippen molar-refractivity contribution in [2.75, 3.05) is 13.1 Å². The molecule has 0 bridgehead atoms. The molecule has 1 saturated heterocycles. The van der Waals surface area contributed by atoms with Crippen molar-refractivity contribution in [1.82, 2.24) is 4.31 Å². The monoisotopic (exact) mass is 334 g/mol. The van der Waals surface area contributed by atoms with Gasteiger partial charge >= 0.3 is 0 Å². The molecule has 0 unspecified atom stereocenters. The van der Waals surface area contributed by atoms with Gasteiger partial charge in [0.05, 0.1) is 17.1 Å². The molecule has 1 heterocycles. The van der Waals surface area contributed by atoms with Crippen LogP contribution in [0.2, 0.25) is 0 Å². The highest BCUT2D eigenvalue weighted by molar-refractivity contribution is 7.89. The smallest absolute Gasteiger partial charge is 0.243 e. The van der Waals surface area contributed by atoms with Crippen LogP contribution >= 0.6 is 0 Å². The second-order valence-electron chi connectivity index (χ2n) is 6.30. The number of benzene rings is 1. The van der Waals surface area contributed by atoms with Crippen LogP contribution in [0, 0.1) is 17.2 Å². The summed E-state index contributed by atoms with van der Waals surface area (Å²) in [6.07, 6.45) is 6.05. The van der Waals surface area contributed by atoms with E-state index in [9.17, 15) is 8.42 Å². The number of nitrogens with zero attached hydrogens (tertiary/aromatic N) is 2. The van der Waals surface area contributed by atoms with Crippen LogP contribution in [0.1, 0.15) is 38.5 Å². The molecule has 5 nitrogen and oxygen atoms in total. The van der Waals surface area contributed by atoms with Crippen LogP contribution in [0.3, 0.4) is 0 Å². The summed E-state index contributed by atoms with van der Waals surface area (Å²) in [7, 11) is -3.47. The van der Waals surface area contributed by atoms with Gasteiger partial charge < -0.3 is 4.74 Å². The number of sulfonamides is 1. The number of rotatable bonds is 4. The average molecular weight is 334 g/mol. The molecule has 124 valence electrons. The molecule has 0 aromatic heterocycles. The fourth-order valence-corrected chi connectivity index (χ4v) is 4.73. The third-order valence-electron chi connectivity index (χ3n) is 4.70. The lowest BCUT2D eigenvalue weighted by Gasteiger charge is -2.28. The van der Waals surface area contributed by atoms with E-state index in [1.165, 1.54) is 17.1 Å². The van der Waals surface area contributed by atoms with Gasteiger partial charge in [-0.3, -0.25) is 0 Å². The van der Waals surface area contributed by atoms with E-state index in [2.05, 4.69) is 6.07 Å². The minimum Gasteiger partial charge on any atom is -0.490 e. The Morgan fingerprint density at radius 1 is 1.04 bits per heavy atom. The fourth-order valence-electron chi connectivity index (χ4n) is 3.26. The van der Waals surface area contributed by atoms with Crippen LogP contribution in [0.15, 0.2) is 29.2 Å². The van der Waals surface area contributed by atoms with Crippen LogP contribution in [0.5, 0.6) is 5.75 Å². The lowest BCUT2D eigenvalue weighted by molar-refractivity contribution is 0.210. The highest BCUT2D eigenvalue weighted by Crippen LogP contribution is 2.27. The van der Waals surface area contributed by atoms with Gasteiger partial charge in [0.1, 0.15) is 5.75 Å². The molecule has 1 aliphatic heterocycles. The maximum Gasteiger partial charge on any atom is 0.243 e. The van der Waals surface area contributed by atoms with Gasteiger partial charge in [0.25, 0.3) is 0 Å². The van der Waals surface area contributed by atoms with E-state index >= 15 is 0 Å². The SMILES string of the molecule is N#CC1CCN(S(=O)(=O)c2ccc(OC3CCCC3)cc2)CC1. The number of hydrogen-bond donors (Lipinski definition) is 0. The number of hydrogen-bond acceptors (Lipinski definition) is 4. The lowest BCUT2D eigenvalue weighted by atomic mass is 10.0. The van der Waals surface area contributed by atoms with Gasteiger partial charge in [0.15, 0.2) is 0 Å². The molecule has 0 radical (unpaired) electrons. The Bertz CT molecular complexity index is 665. The summed E-state index contributed by atoms with van der Waals surface area (Å²) in [5.41, 5.74) is 0. The van der Waals surface area contributed by atoms with Crippen LogP contribution < -0.4 is 4.74 Å². The molecule has 2 aliphatic rings. The van der Waals surface area contributed by atoms with Crippen molar-refractivity contribution in [2.24, 2.45) is 5.92 Å². The normalized spacial score (nSPS) is 21.2. The fraction of sp³-hybridized carbons (Fsp3) is 0.588. The van der Waals surface area contributed by atoms with Crippen molar-refractivity contribution in [2.45, 2.75) is 49.5 Å². The molecule has 1 saturated carbocycles. The first kappa shape index (κ1) is 16.3. The maximum absolute atomic E-state index is 12.6. The second kappa shape index (κ2) is 6.90. The Morgan fingerprint density at radius 2 is 1.65 bits per heavy atom. The van der Waals surface area contributed by atoms with E-state index in [-0.39, 0.29) is 12.0 Å². The van der Waals surface area contributed by atoms with Crippen LogP contribution in [0.25, 0.3) is 0 Å². The summed E-state index contributed by atoms with van der Waals surface area (Å²) in [5.74, 6) is 0.711. The first-order chi connectivity index (χ1) is 11.1. The van der Waals surface area contributed by atoms with Gasteiger partial charge in [-0.2, -0.15) is 9.57 Å². The Hall–Kier alpha value is -1.58. The number of ether oxygens (including phenoxy) is 1. The zero-order valence-electron chi connectivity index (χ0n) is 13.1. The summed E-state index contributed by atoms with van der Waals surface area (Å²) in [5, 5.41) is 8.91. The summed E-state index contributed by atoms with van der Waals surface area (Å²) in [6.45, 7) is 0.835. The maximum atomic E-state index is 12.6. The van der Waals surface area contributed by atoms with Crippen molar-refractivity contribution < 1.29 is 13.2 Å². The average Bonchev–Trinajstić information content (AvgIpc) is 3.08. The number of piperidine rings is 1. The van der Waals surface area contributed by atoms with E-state index in [0.29, 0.717) is 30.8 Å². The molecule has 1 aliphatic carbocycles. The molecular weight excluding hydrogens is 312 g/mol. The van der Waals surface area contributed by atoms with E-state index in [4.69, 9.17) is 10.00 Å². The first-order valence-corrected chi connectivity index (χ1v) is 9.70. The Morgan fingerprint density at radius 3 is 2.22 bits per heavy atom. The van der Waals surface area contributed by atoms with Gasteiger partial charge in [0, 0.05) is 19.0 Å². The Balaban J connectivity index is 1.67. The molecule has 3 rings (SSSR count). The Labute approximate surface area is 137 Å². The predicted molar refractivity (Wildman–Crippen MR) is 86.4 cm³/mol. The van der Waals surface area contributed by atoms with Gasteiger partial charge in [-0.25, -0.2) is 8.42 Å². The molecule has 0 amide bonds. The van der Waals surface area contributed by atoms with Gasteiger partial charge in [-0.1, -0.05) is 0 Å². The van der Waals surface area contributed by atoms with E-state index < -0.39 is 10.0 Å². The second-order valence-corrected chi connectivity index (χ2v) is 8.24. The van der Waals surface area contributed by atoms with Crippen molar-refractivity contribution in [3.05, 3.63) is 24.3 Å². The molecule has 1 aromatic carbocycles. The molecular formula is C17H22N2O3S. The first-order valence-electron chi connectivity index (χ1n) is 8.26. The molecule has 1 aromatic rings. The van der Waals surface area contributed by atoms with Crippen molar-refractivity contribution >= 4 is 10.0 Å². The van der Waals surface area contributed by atoms with E-state index in [1.807, 2.05) is 0 Å². The third-order valence-corrected chi connectivity index (χ3v) is 6.62. The van der Waals surface area contributed by atoms with E-state index in [0.717, 1.165) is 18.6 Å². The largest absolute Gasteiger partial charge is 0.490 e. The molecule has 0 spiro atoms.